The summed E-state index contributed by atoms with van der Waals surface area (Å²) in [6.07, 6.45) is 1.53. The maximum absolute atomic E-state index is 12.7. The molecule has 45 heavy (non-hydrogen) atoms. The van der Waals surface area contributed by atoms with Gasteiger partial charge >= 0.3 is 0 Å². The van der Waals surface area contributed by atoms with Gasteiger partial charge in [0.1, 0.15) is 0 Å². The maximum atomic E-state index is 12.7. The summed E-state index contributed by atoms with van der Waals surface area (Å²) < 4.78 is 12.4. The van der Waals surface area contributed by atoms with Crippen molar-refractivity contribution in [2.75, 3.05) is 23.8 Å². The van der Waals surface area contributed by atoms with E-state index >= 15 is 0 Å². The molecule has 11 heteroatoms. The number of thiazole rings is 1. The van der Waals surface area contributed by atoms with Gasteiger partial charge in [-0.25, -0.2) is 10.4 Å². The number of nitrogens with zero attached hydrogens (tertiary/aromatic N) is 2. The first-order chi connectivity index (χ1) is 21.9. The lowest BCUT2D eigenvalue weighted by Gasteiger charge is -2.14. The number of hydrogen-bond acceptors (Lipinski definition) is 8. The fourth-order valence-corrected chi connectivity index (χ4v) is 5.78. The van der Waals surface area contributed by atoms with Crippen LogP contribution in [0.15, 0.2) is 101 Å². The monoisotopic (exact) mass is 731 g/mol. The molecule has 0 radical (unpaired) electrons. The fraction of sp³-hybridized carbons (Fsp3) is 0.118. The van der Waals surface area contributed by atoms with Crippen LogP contribution in [0.1, 0.15) is 28.4 Å². The number of para-hydroxylation sites is 1. The van der Waals surface area contributed by atoms with Gasteiger partial charge in [-0.3, -0.25) is 9.59 Å². The highest BCUT2D eigenvalue weighted by molar-refractivity contribution is 14.1. The van der Waals surface area contributed by atoms with E-state index in [1.54, 1.807) is 18.2 Å². The fourth-order valence-electron chi connectivity index (χ4n) is 4.25. The average molecular weight is 732 g/mol. The molecule has 2 amide bonds. The average Bonchev–Trinajstić information content (AvgIpc) is 3.50. The van der Waals surface area contributed by atoms with Crippen molar-refractivity contribution in [2.45, 2.75) is 13.8 Å². The molecule has 0 atom stereocenters. The lowest BCUT2D eigenvalue weighted by Crippen LogP contribution is -2.20. The van der Waals surface area contributed by atoms with Gasteiger partial charge in [-0.2, -0.15) is 5.10 Å². The molecular weight excluding hydrogens is 701 g/mol. The zero-order valence-electron chi connectivity index (χ0n) is 24.5. The largest absolute Gasteiger partial charge is 0.490 e. The van der Waals surface area contributed by atoms with Crippen molar-refractivity contribution >= 4 is 68.5 Å². The molecule has 0 aliphatic heterocycles. The van der Waals surface area contributed by atoms with E-state index in [-0.39, 0.29) is 18.4 Å². The molecule has 0 unspecified atom stereocenters. The Morgan fingerprint density at radius 2 is 1.73 bits per heavy atom. The third-order valence-corrected chi connectivity index (χ3v) is 7.89. The second-order valence-corrected chi connectivity index (χ2v) is 11.8. The molecule has 0 spiro atoms. The number of anilines is 3. The summed E-state index contributed by atoms with van der Waals surface area (Å²) in [5.41, 5.74) is 8.18. The van der Waals surface area contributed by atoms with Crippen LogP contribution in [0.5, 0.6) is 11.5 Å². The van der Waals surface area contributed by atoms with E-state index in [1.165, 1.54) is 17.6 Å². The van der Waals surface area contributed by atoms with Crippen molar-refractivity contribution in [3.05, 3.63) is 117 Å². The Morgan fingerprint density at radius 1 is 0.956 bits per heavy atom. The van der Waals surface area contributed by atoms with E-state index in [1.807, 2.05) is 92.0 Å². The Hall–Kier alpha value is -4.75. The van der Waals surface area contributed by atoms with Gasteiger partial charge in [-0.1, -0.05) is 42.5 Å². The Balaban J connectivity index is 1.17. The number of benzene rings is 4. The first kappa shape index (κ1) is 31.7. The predicted octanol–water partition coefficient (Wildman–Crippen LogP) is 7.65. The Labute approximate surface area is 278 Å². The number of carbonyl (C=O) groups excluding carboxylic acids is 2. The highest BCUT2D eigenvalue weighted by atomic mass is 127. The van der Waals surface area contributed by atoms with Crippen LogP contribution in [0, 0.1) is 10.5 Å². The van der Waals surface area contributed by atoms with Gasteiger partial charge < -0.3 is 20.1 Å². The van der Waals surface area contributed by atoms with Gasteiger partial charge in [0.05, 0.1) is 22.1 Å². The second kappa shape index (κ2) is 15.3. The van der Waals surface area contributed by atoms with Crippen LogP contribution in [0.3, 0.4) is 0 Å². The summed E-state index contributed by atoms with van der Waals surface area (Å²) in [5, 5.41) is 13.0. The topological polar surface area (TPSA) is 114 Å². The molecule has 228 valence electrons. The molecule has 1 heterocycles. The number of hydrazone groups is 1. The molecule has 4 aromatic carbocycles. The number of aryl methyl sites for hydroxylation is 1. The summed E-state index contributed by atoms with van der Waals surface area (Å²) in [7, 11) is 0. The number of halogens is 1. The van der Waals surface area contributed by atoms with Crippen molar-refractivity contribution in [3.63, 3.8) is 0 Å². The van der Waals surface area contributed by atoms with Crippen LogP contribution in [0.25, 0.3) is 11.3 Å². The summed E-state index contributed by atoms with van der Waals surface area (Å²) >= 11 is 3.63. The van der Waals surface area contributed by atoms with Crippen molar-refractivity contribution in [2.24, 2.45) is 5.10 Å². The molecule has 0 fully saturated rings. The van der Waals surface area contributed by atoms with Crippen molar-refractivity contribution in [3.8, 4) is 22.8 Å². The minimum Gasteiger partial charge on any atom is -0.490 e. The summed E-state index contributed by atoms with van der Waals surface area (Å²) in [6, 6.07) is 28.2. The highest BCUT2D eigenvalue weighted by Crippen LogP contribution is 2.34. The quantitative estimate of drug-likeness (QED) is 0.0691. The van der Waals surface area contributed by atoms with Crippen molar-refractivity contribution < 1.29 is 19.1 Å². The summed E-state index contributed by atoms with van der Waals surface area (Å²) in [6.45, 7) is 4.05. The number of aromatic nitrogens is 1. The van der Waals surface area contributed by atoms with Crippen LogP contribution in [0.4, 0.5) is 16.5 Å². The van der Waals surface area contributed by atoms with E-state index in [9.17, 15) is 9.59 Å². The van der Waals surface area contributed by atoms with Crippen LogP contribution in [0.2, 0.25) is 0 Å². The summed E-state index contributed by atoms with van der Waals surface area (Å²) in [4.78, 5) is 29.9. The number of hydrogen-bond donors (Lipinski definition) is 3. The minimum atomic E-state index is -0.346. The molecule has 0 aliphatic rings. The molecule has 3 N–H and O–H groups in total. The predicted molar refractivity (Wildman–Crippen MR) is 188 cm³/mol. The number of rotatable bonds is 12. The van der Waals surface area contributed by atoms with E-state index < -0.39 is 0 Å². The first-order valence-electron chi connectivity index (χ1n) is 14.0. The smallest absolute Gasteiger partial charge is 0.271 e. The Kier molecular flexibility index (Phi) is 10.8. The lowest BCUT2D eigenvalue weighted by molar-refractivity contribution is -0.118. The zero-order chi connectivity index (χ0) is 31.6. The van der Waals surface area contributed by atoms with E-state index in [0.717, 1.165) is 31.2 Å². The molecule has 0 saturated heterocycles. The molecular formula is C34H30IN5O4S. The minimum absolute atomic E-state index is 0.180. The van der Waals surface area contributed by atoms with Gasteiger partial charge in [0.2, 0.25) is 0 Å². The molecule has 0 saturated carbocycles. The second-order valence-electron chi connectivity index (χ2n) is 9.77. The number of ether oxygens (including phenoxy) is 2. The molecule has 0 bridgehead atoms. The van der Waals surface area contributed by atoms with Gasteiger partial charge in [-0.05, 0) is 96.1 Å². The van der Waals surface area contributed by atoms with Gasteiger partial charge in [0.25, 0.3) is 11.8 Å². The highest BCUT2D eigenvalue weighted by Gasteiger charge is 2.14. The van der Waals surface area contributed by atoms with Gasteiger partial charge in [0, 0.05) is 27.9 Å². The molecule has 0 aliphatic carbocycles. The van der Waals surface area contributed by atoms with Crippen LogP contribution in [-0.2, 0) is 4.79 Å². The van der Waals surface area contributed by atoms with E-state index in [4.69, 9.17) is 9.47 Å². The molecule has 5 aromatic rings. The first-order valence-corrected chi connectivity index (χ1v) is 16.0. The van der Waals surface area contributed by atoms with E-state index in [0.29, 0.717) is 34.9 Å². The van der Waals surface area contributed by atoms with Gasteiger partial charge in [0.15, 0.2) is 23.2 Å². The van der Waals surface area contributed by atoms with Crippen LogP contribution >= 0.6 is 33.9 Å². The zero-order valence-corrected chi connectivity index (χ0v) is 27.5. The van der Waals surface area contributed by atoms with Crippen molar-refractivity contribution in [1.82, 2.24) is 10.4 Å². The molecule has 1 aromatic heterocycles. The number of carbonyl (C=O) groups is 2. The molecule has 9 nitrogen and oxygen atoms in total. The third kappa shape index (κ3) is 8.89. The third-order valence-electron chi connectivity index (χ3n) is 6.33. The SMILES string of the molecule is CCOc1cc(/C=N/NC(=O)c2ccc(-c3csc(Nc4ccccc4)n3)cc2)cc(I)c1OCC(=O)Nc1cccc(C)c1. The molecule has 5 rings (SSSR count). The Bertz CT molecular complexity index is 1810. The lowest BCUT2D eigenvalue weighted by atomic mass is 10.1. The van der Waals surface area contributed by atoms with E-state index in [2.05, 4.69) is 48.7 Å². The van der Waals surface area contributed by atoms with Gasteiger partial charge in [-0.15, -0.1) is 11.3 Å². The van der Waals surface area contributed by atoms with Crippen LogP contribution < -0.4 is 25.5 Å². The standard InChI is InChI=1S/C34H30IN5O4S/c1-3-43-30-18-23(17-28(35)32(30)44-20-31(41)37-27-11-7-8-22(2)16-27)19-36-40-33(42)25-14-12-24(13-15-25)29-21-45-34(39-29)38-26-9-5-4-6-10-26/h4-19,21H,3,20H2,1-2H3,(H,37,41)(H,38,39)(H,40,42)/b36-19+. The number of amides is 2. The Morgan fingerprint density at radius 3 is 2.49 bits per heavy atom. The number of nitrogens with one attached hydrogen (secondary N) is 3. The maximum Gasteiger partial charge on any atom is 0.271 e. The normalized spacial score (nSPS) is 10.8. The summed E-state index contributed by atoms with van der Waals surface area (Å²) in [5.74, 6) is 0.305. The van der Waals surface area contributed by atoms with Crippen LogP contribution in [-0.4, -0.2) is 36.2 Å². The van der Waals surface area contributed by atoms with Crippen molar-refractivity contribution in [1.29, 1.82) is 0 Å².